The Balaban J connectivity index is 5.20. The summed E-state index contributed by atoms with van der Waals surface area (Å²) < 4.78 is 0. The Morgan fingerprint density at radius 1 is 0.792 bits per heavy atom. The fourth-order valence-electron chi connectivity index (χ4n) is 3.39. The molecule has 0 N–H and O–H groups in total. The van der Waals surface area contributed by atoms with E-state index in [4.69, 9.17) is 0 Å². The largest absolute Gasteiger partial charge is 0.103 e. The van der Waals surface area contributed by atoms with Gasteiger partial charge >= 0.3 is 0 Å². The third-order valence-corrected chi connectivity index (χ3v) is 6.81. The van der Waals surface area contributed by atoms with Crippen molar-refractivity contribution in [2.45, 2.75) is 101 Å². The maximum atomic E-state index is 4.16. The van der Waals surface area contributed by atoms with Crippen LogP contribution in [0.4, 0.5) is 0 Å². The van der Waals surface area contributed by atoms with Crippen LogP contribution in [0.2, 0.25) is 0 Å². The molecule has 0 nitrogen and oxygen atoms in total. The van der Waals surface area contributed by atoms with Gasteiger partial charge in [0.2, 0.25) is 0 Å². The molecular weight excluding hydrogens is 288 g/mol. The summed E-state index contributed by atoms with van der Waals surface area (Å²) in [5.74, 6) is 0.574. The normalized spacial score (nSPS) is 17.8. The Kier molecular flexibility index (Phi) is 8.54. The van der Waals surface area contributed by atoms with Crippen LogP contribution in [0.5, 0.6) is 0 Å². The smallest absolute Gasteiger partial charge is 0.0180 e. The molecule has 0 aromatic heterocycles. The van der Waals surface area contributed by atoms with Gasteiger partial charge in [0.1, 0.15) is 0 Å². The molecule has 0 amide bonds. The molecule has 0 aliphatic carbocycles. The van der Waals surface area contributed by atoms with Crippen LogP contribution in [0.1, 0.15) is 101 Å². The highest BCUT2D eigenvalue weighted by Crippen LogP contribution is 2.51. The van der Waals surface area contributed by atoms with E-state index in [0.29, 0.717) is 27.6 Å². The molecule has 0 aliphatic heterocycles. The summed E-state index contributed by atoms with van der Waals surface area (Å²) in [5.41, 5.74) is 1.33. The molecule has 0 radical (unpaired) electrons. The van der Waals surface area contributed by atoms with Crippen molar-refractivity contribution in [1.82, 2.24) is 0 Å². The van der Waals surface area contributed by atoms with Gasteiger partial charge in [0.05, 0.1) is 0 Å². The van der Waals surface area contributed by atoms with E-state index in [0.717, 1.165) is 12.8 Å². The van der Waals surface area contributed by atoms with Crippen molar-refractivity contribution in [2.24, 2.45) is 27.6 Å². The Hall–Kier alpha value is -0.520. The van der Waals surface area contributed by atoms with Crippen molar-refractivity contribution >= 4 is 0 Å². The van der Waals surface area contributed by atoms with Crippen molar-refractivity contribution in [3.63, 3.8) is 0 Å². The first-order chi connectivity index (χ1) is 10.7. The highest BCUT2D eigenvalue weighted by Gasteiger charge is 2.42. The molecule has 0 rings (SSSR count). The Morgan fingerprint density at radius 3 is 1.67 bits per heavy atom. The van der Waals surface area contributed by atoms with Gasteiger partial charge in [-0.1, -0.05) is 100 Å². The van der Waals surface area contributed by atoms with Crippen LogP contribution >= 0.6 is 0 Å². The van der Waals surface area contributed by atoms with Gasteiger partial charge in [0, 0.05) is 0 Å². The van der Waals surface area contributed by atoms with Crippen LogP contribution in [0.3, 0.4) is 0 Å². The number of hydrogen-bond donors (Lipinski definition) is 0. The van der Waals surface area contributed by atoms with Crippen LogP contribution < -0.4 is 0 Å². The molecule has 0 aromatic carbocycles. The second kappa shape index (κ2) is 8.72. The highest BCUT2D eigenvalue weighted by atomic mass is 14.5. The molecule has 2 unspecified atom stereocenters. The van der Waals surface area contributed by atoms with E-state index in [1.165, 1.54) is 19.3 Å². The van der Waals surface area contributed by atoms with E-state index in [1.54, 1.807) is 0 Å². The average Bonchev–Trinajstić information content (AvgIpc) is 2.47. The third-order valence-electron chi connectivity index (χ3n) is 6.81. The summed E-state index contributed by atoms with van der Waals surface area (Å²) in [7, 11) is 0. The van der Waals surface area contributed by atoms with Gasteiger partial charge in [0.25, 0.3) is 0 Å². The van der Waals surface area contributed by atoms with E-state index in [-0.39, 0.29) is 0 Å². The second-order valence-corrected chi connectivity index (χ2v) is 10.6. The molecule has 0 aliphatic rings. The van der Waals surface area contributed by atoms with Gasteiger partial charge in [0.15, 0.2) is 0 Å². The monoisotopic (exact) mass is 334 g/mol. The maximum Gasteiger partial charge on any atom is -0.0180 e. The third kappa shape index (κ3) is 6.77. The van der Waals surface area contributed by atoms with Gasteiger partial charge in [-0.25, -0.2) is 0 Å². The van der Waals surface area contributed by atoms with Crippen molar-refractivity contribution in [1.29, 1.82) is 0 Å². The zero-order chi connectivity index (χ0) is 19.2. The summed E-state index contributed by atoms with van der Waals surface area (Å²) in [6, 6.07) is 0. The molecule has 0 saturated heterocycles. The minimum absolute atomic E-state index is 0.293. The number of rotatable bonds is 10. The lowest BCUT2D eigenvalue weighted by molar-refractivity contribution is 0.0380. The van der Waals surface area contributed by atoms with Crippen LogP contribution in [0.15, 0.2) is 24.8 Å². The minimum atomic E-state index is 0.293. The maximum absolute atomic E-state index is 4.16. The van der Waals surface area contributed by atoms with Gasteiger partial charge in [-0.2, -0.15) is 0 Å². The quantitative estimate of drug-likeness (QED) is 0.351. The molecule has 0 heterocycles. The fourth-order valence-corrected chi connectivity index (χ4v) is 3.39. The lowest BCUT2D eigenvalue weighted by Gasteiger charge is -2.48. The zero-order valence-corrected chi connectivity index (χ0v) is 18.6. The van der Waals surface area contributed by atoms with E-state index in [9.17, 15) is 0 Å². The van der Waals surface area contributed by atoms with Gasteiger partial charge in [-0.15, -0.1) is 6.58 Å². The van der Waals surface area contributed by atoms with Gasteiger partial charge in [-0.05, 0) is 46.8 Å². The van der Waals surface area contributed by atoms with Gasteiger partial charge in [-0.3, -0.25) is 0 Å². The second-order valence-electron chi connectivity index (χ2n) is 10.6. The van der Waals surface area contributed by atoms with Crippen LogP contribution in [0.25, 0.3) is 0 Å². The summed E-state index contributed by atoms with van der Waals surface area (Å²) in [4.78, 5) is 0. The molecule has 24 heavy (non-hydrogen) atoms. The standard InChI is InChI=1S/C24H46/c1-12-20(22(7,8)13-2)19-24(11,14-3)23(9,10)18-16-15-17-21(4,5)6/h12,15-16,20H,1,13-14,17-19H2,2-11H3. The van der Waals surface area contributed by atoms with Gasteiger partial charge < -0.3 is 0 Å². The first-order valence-corrected chi connectivity index (χ1v) is 10.0. The molecule has 0 saturated carbocycles. The molecular formula is C24H46. The Bertz CT molecular complexity index is 402. The van der Waals surface area contributed by atoms with E-state index < -0.39 is 0 Å². The van der Waals surface area contributed by atoms with Crippen molar-refractivity contribution < 1.29 is 0 Å². The fraction of sp³-hybridized carbons (Fsp3) is 0.833. The van der Waals surface area contributed by atoms with Crippen LogP contribution in [-0.4, -0.2) is 0 Å². The van der Waals surface area contributed by atoms with E-state index in [2.05, 4.69) is 94.0 Å². The topological polar surface area (TPSA) is 0 Å². The predicted octanol–water partition coefficient (Wildman–Crippen LogP) is 8.44. The van der Waals surface area contributed by atoms with E-state index in [1.807, 2.05) is 0 Å². The van der Waals surface area contributed by atoms with Crippen molar-refractivity contribution in [3.8, 4) is 0 Å². The zero-order valence-electron chi connectivity index (χ0n) is 18.6. The minimum Gasteiger partial charge on any atom is -0.103 e. The predicted molar refractivity (Wildman–Crippen MR) is 112 cm³/mol. The SMILES string of the molecule is C=CC(CC(C)(CC)C(C)(C)CC=CCC(C)(C)C)C(C)(C)CC. The molecule has 2 atom stereocenters. The number of allylic oxidation sites excluding steroid dienone is 3. The highest BCUT2D eigenvalue weighted by molar-refractivity contribution is 5.01. The Labute approximate surface area is 154 Å². The lowest BCUT2D eigenvalue weighted by Crippen LogP contribution is -2.38. The van der Waals surface area contributed by atoms with Crippen LogP contribution in [-0.2, 0) is 0 Å². The summed E-state index contributed by atoms with van der Waals surface area (Å²) >= 11 is 0. The molecule has 0 aromatic rings. The van der Waals surface area contributed by atoms with Crippen molar-refractivity contribution in [3.05, 3.63) is 24.8 Å². The Morgan fingerprint density at radius 2 is 1.29 bits per heavy atom. The van der Waals surface area contributed by atoms with Crippen LogP contribution in [0, 0.1) is 27.6 Å². The van der Waals surface area contributed by atoms with E-state index >= 15 is 0 Å². The molecule has 0 fully saturated rings. The molecule has 142 valence electrons. The first-order valence-electron chi connectivity index (χ1n) is 10.0. The van der Waals surface area contributed by atoms with Crippen molar-refractivity contribution in [2.75, 3.05) is 0 Å². The number of hydrogen-bond acceptors (Lipinski definition) is 0. The summed E-state index contributed by atoms with van der Waals surface area (Å²) in [6.45, 7) is 27.9. The molecule has 0 heteroatoms. The summed E-state index contributed by atoms with van der Waals surface area (Å²) in [6.07, 6.45) is 13.0. The average molecular weight is 335 g/mol. The lowest BCUT2D eigenvalue weighted by atomic mass is 9.57. The molecule has 0 bridgehead atoms. The summed E-state index contributed by atoms with van der Waals surface area (Å²) in [5, 5.41) is 0. The molecule has 0 spiro atoms. The first kappa shape index (κ1) is 23.5.